The minimum Gasteiger partial charge on any atom is -0.311 e. The maximum absolute atomic E-state index is 6.37. The van der Waals surface area contributed by atoms with Gasteiger partial charge in [0.15, 0.2) is 0 Å². The maximum atomic E-state index is 6.37. The molecule has 0 saturated heterocycles. The Morgan fingerprint density at radius 3 is 2.67 bits per heavy atom. The van der Waals surface area contributed by atoms with Gasteiger partial charge in [0.1, 0.15) is 0 Å². The lowest BCUT2D eigenvalue weighted by atomic mass is 9.80. The summed E-state index contributed by atoms with van der Waals surface area (Å²) in [6.07, 6.45) is 2.45. The summed E-state index contributed by atoms with van der Waals surface area (Å²) in [6.45, 7) is 7.04. The SMILES string of the molecule is CC1CCC(n2c(Cl)nc3ccccc32)C1(C)C. The molecule has 96 valence electrons. The second kappa shape index (κ2) is 3.99. The Balaban J connectivity index is 2.18. The Kier molecular flexibility index (Phi) is 2.67. The molecule has 0 N–H and O–H groups in total. The molecule has 1 aromatic heterocycles. The summed E-state index contributed by atoms with van der Waals surface area (Å²) in [5.41, 5.74) is 2.43. The zero-order valence-corrected chi connectivity index (χ0v) is 11.9. The summed E-state index contributed by atoms with van der Waals surface area (Å²) in [5.74, 6) is 0.722. The molecule has 0 amide bonds. The van der Waals surface area contributed by atoms with E-state index in [2.05, 4.69) is 42.5 Å². The predicted molar refractivity (Wildman–Crippen MR) is 76.0 cm³/mol. The van der Waals surface area contributed by atoms with Gasteiger partial charge in [0.05, 0.1) is 11.0 Å². The van der Waals surface area contributed by atoms with Gasteiger partial charge in [-0.15, -0.1) is 0 Å². The summed E-state index contributed by atoms with van der Waals surface area (Å²) in [4.78, 5) is 4.48. The van der Waals surface area contributed by atoms with Crippen LogP contribution in [0.1, 0.15) is 39.7 Å². The molecule has 1 aliphatic rings. The summed E-state index contributed by atoms with van der Waals surface area (Å²) >= 11 is 6.37. The molecule has 2 unspecified atom stereocenters. The molecule has 1 saturated carbocycles. The van der Waals surface area contributed by atoms with Crippen LogP contribution in [-0.2, 0) is 0 Å². The third-order valence-corrected chi connectivity index (χ3v) is 5.13. The van der Waals surface area contributed by atoms with Gasteiger partial charge >= 0.3 is 0 Å². The number of para-hydroxylation sites is 2. The predicted octanol–water partition coefficient (Wildman–Crippen LogP) is 4.69. The molecule has 2 nitrogen and oxygen atoms in total. The summed E-state index contributed by atoms with van der Waals surface area (Å²) < 4.78 is 2.24. The second-order valence-corrected chi connectivity index (χ2v) is 6.39. The quantitative estimate of drug-likeness (QED) is 0.729. The van der Waals surface area contributed by atoms with E-state index >= 15 is 0 Å². The molecular weight excluding hydrogens is 244 g/mol. The number of hydrogen-bond acceptors (Lipinski definition) is 1. The van der Waals surface area contributed by atoms with Crippen LogP contribution in [0.2, 0.25) is 5.28 Å². The molecule has 2 atom stereocenters. The molecule has 0 bridgehead atoms. The van der Waals surface area contributed by atoms with Crippen molar-refractivity contribution in [2.24, 2.45) is 11.3 Å². The third kappa shape index (κ3) is 1.58. The first kappa shape index (κ1) is 12.0. The van der Waals surface area contributed by atoms with Gasteiger partial charge in [-0.05, 0) is 47.9 Å². The molecule has 1 aliphatic carbocycles. The molecule has 18 heavy (non-hydrogen) atoms. The number of hydrogen-bond donors (Lipinski definition) is 0. The maximum Gasteiger partial charge on any atom is 0.204 e. The van der Waals surface area contributed by atoms with Gasteiger partial charge in [0.25, 0.3) is 0 Å². The average molecular weight is 263 g/mol. The lowest BCUT2D eigenvalue weighted by molar-refractivity contribution is 0.204. The summed E-state index contributed by atoms with van der Waals surface area (Å²) in [7, 11) is 0. The molecule has 0 radical (unpaired) electrons. The van der Waals surface area contributed by atoms with Crippen LogP contribution in [0.4, 0.5) is 0 Å². The van der Waals surface area contributed by atoms with Gasteiger partial charge < -0.3 is 4.57 Å². The number of halogens is 1. The van der Waals surface area contributed by atoms with Crippen LogP contribution in [0.5, 0.6) is 0 Å². The first-order valence-electron chi connectivity index (χ1n) is 6.64. The van der Waals surface area contributed by atoms with Crippen molar-refractivity contribution < 1.29 is 0 Å². The fraction of sp³-hybridized carbons (Fsp3) is 0.533. The van der Waals surface area contributed by atoms with E-state index in [1.165, 1.54) is 12.8 Å². The highest BCUT2D eigenvalue weighted by molar-refractivity contribution is 6.29. The monoisotopic (exact) mass is 262 g/mol. The number of benzene rings is 1. The van der Waals surface area contributed by atoms with Crippen molar-refractivity contribution in [3.8, 4) is 0 Å². The smallest absolute Gasteiger partial charge is 0.204 e. The van der Waals surface area contributed by atoms with Crippen LogP contribution >= 0.6 is 11.6 Å². The minimum atomic E-state index is 0.271. The number of nitrogens with zero attached hydrogens (tertiary/aromatic N) is 2. The van der Waals surface area contributed by atoms with E-state index in [4.69, 9.17) is 11.6 Å². The van der Waals surface area contributed by atoms with E-state index in [0.29, 0.717) is 11.3 Å². The van der Waals surface area contributed by atoms with E-state index in [-0.39, 0.29) is 5.41 Å². The molecular formula is C15H19ClN2. The van der Waals surface area contributed by atoms with Crippen LogP contribution in [0.25, 0.3) is 11.0 Å². The zero-order valence-electron chi connectivity index (χ0n) is 11.2. The average Bonchev–Trinajstić information content (AvgIpc) is 2.77. The van der Waals surface area contributed by atoms with E-state index in [0.717, 1.165) is 17.0 Å². The molecule has 1 heterocycles. The van der Waals surface area contributed by atoms with Crippen molar-refractivity contribution in [3.05, 3.63) is 29.5 Å². The molecule has 1 aromatic carbocycles. The van der Waals surface area contributed by atoms with Gasteiger partial charge in [0.2, 0.25) is 5.28 Å². The lowest BCUT2D eigenvalue weighted by Gasteiger charge is -2.32. The first-order chi connectivity index (χ1) is 8.51. The van der Waals surface area contributed by atoms with Gasteiger partial charge in [-0.25, -0.2) is 4.98 Å². The van der Waals surface area contributed by atoms with Gasteiger partial charge in [-0.2, -0.15) is 0 Å². The second-order valence-electron chi connectivity index (χ2n) is 6.06. The molecule has 1 fully saturated rings. The number of rotatable bonds is 1. The minimum absolute atomic E-state index is 0.271. The van der Waals surface area contributed by atoms with Crippen molar-refractivity contribution >= 4 is 22.6 Å². The van der Waals surface area contributed by atoms with Crippen LogP contribution in [-0.4, -0.2) is 9.55 Å². The van der Waals surface area contributed by atoms with Crippen molar-refractivity contribution in [2.45, 2.75) is 39.7 Å². The Bertz CT molecular complexity index is 585. The summed E-state index contributed by atoms with van der Waals surface area (Å²) in [6, 6.07) is 8.67. The van der Waals surface area contributed by atoms with Crippen molar-refractivity contribution in [1.82, 2.24) is 9.55 Å². The number of imidazole rings is 1. The summed E-state index contributed by atoms with van der Waals surface area (Å²) in [5, 5.41) is 0.628. The lowest BCUT2D eigenvalue weighted by Crippen LogP contribution is -2.26. The van der Waals surface area contributed by atoms with Gasteiger partial charge in [0, 0.05) is 6.04 Å². The first-order valence-corrected chi connectivity index (χ1v) is 7.02. The fourth-order valence-electron chi connectivity index (χ4n) is 3.25. The highest BCUT2D eigenvalue weighted by Gasteiger charge is 2.42. The van der Waals surface area contributed by atoms with Crippen molar-refractivity contribution in [1.29, 1.82) is 0 Å². The highest BCUT2D eigenvalue weighted by Crippen LogP contribution is 2.51. The van der Waals surface area contributed by atoms with E-state index in [1.807, 2.05) is 12.1 Å². The molecule has 3 heteroatoms. The largest absolute Gasteiger partial charge is 0.311 e. The van der Waals surface area contributed by atoms with Crippen LogP contribution in [0.15, 0.2) is 24.3 Å². The normalized spacial score (nSPS) is 26.9. The van der Waals surface area contributed by atoms with Gasteiger partial charge in [-0.3, -0.25) is 0 Å². The van der Waals surface area contributed by atoms with E-state index in [1.54, 1.807) is 0 Å². The Morgan fingerprint density at radius 1 is 1.28 bits per heavy atom. The standard InChI is InChI=1S/C15H19ClN2/c1-10-8-9-13(15(10,2)3)18-12-7-5-4-6-11(12)17-14(18)16/h4-7,10,13H,8-9H2,1-3H3. The van der Waals surface area contributed by atoms with Gasteiger partial charge in [-0.1, -0.05) is 32.9 Å². The third-order valence-electron chi connectivity index (χ3n) is 4.87. The Morgan fingerprint density at radius 2 is 2.00 bits per heavy atom. The molecule has 2 aromatic rings. The topological polar surface area (TPSA) is 17.8 Å². The number of aromatic nitrogens is 2. The Labute approximate surface area is 113 Å². The van der Waals surface area contributed by atoms with Crippen molar-refractivity contribution in [2.75, 3.05) is 0 Å². The zero-order chi connectivity index (χ0) is 12.9. The molecule has 0 spiro atoms. The van der Waals surface area contributed by atoms with Crippen LogP contribution in [0.3, 0.4) is 0 Å². The van der Waals surface area contributed by atoms with E-state index in [9.17, 15) is 0 Å². The van der Waals surface area contributed by atoms with Crippen molar-refractivity contribution in [3.63, 3.8) is 0 Å². The Hall–Kier alpha value is -1.02. The highest BCUT2D eigenvalue weighted by atomic mass is 35.5. The molecule has 3 rings (SSSR count). The fourth-order valence-corrected chi connectivity index (χ4v) is 3.55. The number of fused-ring (bicyclic) bond motifs is 1. The molecule has 0 aliphatic heterocycles. The van der Waals surface area contributed by atoms with Crippen LogP contribution in [0, 0.1) is 11.3 Å². The van der Waals surface area contributed by atoms with E-state index < -0.39 is 0 Å². The van der Waals surface area contributed by atoms with Crippen LogP contribution < -0.4 is 0 Å².